The van der Waals surface area contributed by atoms with Crippen LogP contribution in [-0.2, 0) is 17.8 Å². The summed E-state index contributed by atoms with van der Waals surface area (Å²) in [5.41, 5.74) is 7.63. The Labute approximate surface area is 184 Å². The van der Waals surface area contributed by atoms with Gasteiger partial charge in [0.05, 0.1) is 0 Å². The molecule has 3 heteroatoms. The van der Waals surface area contributed by atoms with Crippen LogP contribution in [0.5, 0.6) is 0 Å². The molecule has 1 N–H and O–H groups in total. The quantitative estimate of drug-likeness (QED) is 0.488. The molecule has 0 aromatic heterocycles. The van der Waals surface area contributed by atoms with E-state index in [1.165, 1.54) is 34.0 Å². The van der Waals surface area contributed by atoms with Crippen molar-refractivity contribution in [2.45, 2.75) is 19.4 Å². The highest BCUT2D eigenvalue weighted by Crippen LogP contribution is 2.30. The summed E-state index contributed by atoms with van der Waals surface area (Å²) >= 11 is 0. The molecule has 0 bridgehead atoms. The van der Waals surface area contributed by atoms with Crippen LogP contribution in [0.1, 0.15) is 28.7 Å². The van der Waals surface area contributed by atoms with Gasteiger partial charge in [0.15, 0.2) is 5.78 Å². The number of aliphatic hydroxyl groups excluding tert-OH is 1. The van der Waals surface area contributed by atoms with Gasteiger partial charge in [-0.3, -0.25) is 4.79 Å². The summed E-state index contributed by atoms with van der Waals surface area (Å²) in [6.07, 6.45) is 7.56. The molecule has 0 atom stereocenters. The van der Waals surface area contributed by atoms with E-state index >= 15 is 0 Å². The summed E-state index contributed by atoms with van der Waals surface area (Å²) in [5, 5.41) is 8.84. The van der Waals surface area contributed by atoms with Crippen molar-refractivity contribution in [3.8, 4) is 0 Å². The lowest BCUT2D eigenvalue weighted by molar-refractivity contribution is -0.117. The van der Waals surface area contributed by atoms with Crippen LogP contribution in [0.3, 0.4) is 0 Å². The van der Waals surface area contributed by atoms with Crippen molar-refractivity contribution in [3.05, 3.63) is 113 Å². The van der Waals surface area contributed by atoms with Crippen LogP contribution in [0, 0.1) is 0 Å². The average molecular weight is 410 g/mol. The lowest BCUT2D eigenvalue weighted by atomic mass is 10.0. The first-order valence-corrected chi connectivity index (χ1v) is 10.7. The van der Waals surface area contributed by atoms with Gasteiger partial charge < -0.3 is 10.0 Å². The molecule has 0 spiro atoms. The first-order chi connectivity index (χ1) is 15.2. The fourth-order valence-electron chi connectivity index (χ4n) is 3.98. The molecule has 0 fully saturated rings. The van der Waals surface area contributed by atoms with Gasteiger partial charge in [-0.05, 0) is 58.9 Å². The Bertz CT molecular complexity index is 1080. The molecule has 3 aromatic carbocycles. The van der Waals surface area contributed by atoms with Crippen molar-refractivity contribution < 1.29 is 9.90 Å². The van der Waals surface area contributed by atoms with Gasteiger partial charge in [0.2, 0.25) is 0 Å². The summed E-state index contributed by atoms with van der Waals surface area (Å²) in [4.78, 5) is 13.7. The summed E-state index contributed by atoms with van der Waals surface area (Å²) in [6, 6.07) is 27.4. The summed E-state index contributed by atoms with van der Waals surface area (Å²) < 4.78 is 0. The van der Waals surface area contributed by atoms with Crippen molar-refractivity contribution in [3.63, 3.8) is 0 Å². The molecule has 0 amide bonds. The fraction of sp³-hybridized carbons (Fsp3) is 0.179. The molecule has 3 aromatic rings. The standard InChI is InChI=1S/C28H27NO2/c30-21-27(31)17-14-22-10-12-23(13-11-22)20-29(26-7-2-1-3-8-26)19-18-25-16-15-24-6-4-5-9-28(24)25/h1-14,16-17,30H,15,18-21H2/b17-14+. The van der Waals surface area contributed by atoms with Gasteiger partial charge in [-0.15, -0.1) is 0 Å². The second-order valence-corrected chi connectivity index (χ2v) is 7.80. The number of carbonyl (C=O) groups is 1. The van der Waals surface area contributed by atoms with E-state index in [1.807, 2.05) is 18.2 Å². The second-order valence-electron chi connectivity index (χ2n) is 7.80. The van der Waals surface area contributed by atoms with Gasteiger partial charge in [-0.1, -0.05) is 78.9 Å². The van der Waals surface area contributed by atoms with Gasteiger partial charge in [0, 0.05) is 18.8 Å². The Balaban J connectivity index is 1.46. The van der Waals surface area contributed by atoms with Gasteiger partial charge in [-0.2, -0.15) is 0 Å². The van der Waals surface area contributed by atoms with E-state index in [4.69, 9.17) is 5.11 Å². The Kier molecular flexibility index (Phi) is 6.75. The number of rotatable bonds is 9. The van der Waals surface area contributed by atoms with E-state index in [9.17, 15) is 4.79 Å². The number of benzene rings is 3. The number of hydrogen-bond acceptors (Lipinski definition) is 3. The second kappa shape index (κ2) is 10.1. The maximum atomic E-state index is 11.3. The van der Waals surface area contributed by atoms with Crippen LogP contribution in [0.25, 0.3) is 11.6 Å². The summed E-state index contributed by atoms with van der Waals surface area (Å²) in [7, 11) is 0. The number of anilines is 1. The molecule has 1 aliphatic carbocycles. The van der Waals surface area contributed by atoms with Gasteiger partial charge in [-0.25, -0.2) is 0 Å². The SMILES string of the molecule is O=C(/C=C/c1ccc(CN(CCC2=CCc3ccccc32)c2ccccc2)cc1)CO. The summed E-state index contributed by atoms with van der Waals surface area (Å²) in [5.74, 6) is -0.290. The molecule has 31 heavy (non-hydrogen) atoms. The fourth-order valence-corrected chi connectivity index (χ4v) is 3.98. The molecule has 0 radical (unpaired) electrons. The first-order valence-electron chi connectivity index (χ1n) is 10.7. The van der Waals surface area contributed by atoms with Crippen LogP contribution in [0.4, 0.5) is 5.69 Å². The number of aliphatic hydroxyl groups is 1. The Hall–Kier alpha value is -3.43. The number of para-hydroxylation sites is 1. The predicted octanol–water partition coefficient (Wildman–Crippen LogP) is 5.30. The third-order valence-corrected chi connectivity index (χ3v) is 5.67. The molecular formula is C28H27NO2. The van der Waals surface area contributed by atoms with Gasteiger partial charge >= 0.3 is 0 Å². The van der Waals surface area contributed by atoms with Crippen molar-refractivity contribution >= 4 is 23.1 Å². The lowest BCUT2D eigenvalue weighted by Crippen LogP contribution is -2.24. The Morgan fingerprint density at radius 2 is 1.68 bits per heavy atom. The molecule has 0 heterocycles. The minimum Gasteiger partial charge on any atom is -0.388 e. The topological polar surface area (TPSA) is 40.5 Å². The van der Waals surface area contributed by atoms with Crippen LogP contribution < -0.4 is 4.90 Å². The Morgan fingerprint density at radius 1 is 0.935 bits per heavy atom. The van der Waals surface area contributed by atoms with Crippen LogP contribution >= 0.6 is 0 Å². The van der Waals surface area contributed by atoms with Crippen molar-refractivity contribution in [2.75, 3.05) is 18.1 Å². The van der Waals surface area contributed by atoms with Crippen molar-refractivity contribution in [2.24, 2.45) is 0 Å². The smallest absolute Gasteiger partial charge is 0.181 e. The maximum absolute atomic E-state index is 11.3. The zero-order chi connectivity index (χ0) is 21.5. The monoisotopic (exact) mass is 409 g/mol. The van der Waals surface area contributed by atoms with Crippen LogP contribution in [-0.4, -0.2) is 24.0 Å². The van der Waals surface area contributed by atoms with Gasteiger partial charge in [0.25, 0.3) is 0 Å². The molecule has 3 nitrogen and oxygen atoms in total. The average Bonchev–Trinajstić information content (AvgIpc) is 3.24. The molecule has 4 rings (SSSR count). The molecule has 1 aliphatic rings. The minimum absolute atomic E-state index is 0.290. The molecule has 0 unspecified atom stereocenters. The third kappa shape index (κ3) is 5.39. The predicted molar refractivity (Wildman–Crippen MR) is 128 cm³/mol. The Morgan fingerprint density at radius 3 is 2.45 bits per heavy atom. The van der Waals surface area contributed by atoms with E-state index in [0.717, 1.165) is 31.5 Å². The molecular weight excluding hydrogens is 382 g/mol. The van der Waals surface area contributed by atoms with E-state index in [2.05, 4.69) is 71.6 Å². The van der Waals surface area contributed by atoms with Crippen molar-refractivity contribution in [1.82, 2.24) is 0 Å². The van der Waals surface area contributed by atoms with E-state index in [0.29, 0.717) is 0 Å². The maximum Gasteiger partial charge on any atom is 0.181 e. The van der Waals surface area contributed by atoms with Crippen molar-refractivity contribution in [1.29, 1.82) is 0 Å². The molecule has 0 saturated carbocycles. The van der Waals surface area contributed by atoms with Crippen LogP contribution in [0.15, 0.2) is 91.0 Å². The first kappa shape index (κ1) is 20.8. The minimum atomic E-state index is -0.457. The van der Waals surface area contributed by atoms with E-state index in [-0.39, 0.29) is 5.78 Å². The molecule has 0 aliphatic heterocycles. The normalized spacial score (nSPS) is 12.6. The van der Waals surface area contributed by atoms with E-state index in [1.54, 1.807) is 6.08 Å². The zero-order valence-corrected chi connectivity index (χ0v) is 17.6. The highest BCUT2D eigenvalue weighted by Gasteiger charge is 2.15. The number of allylic oxidation sites excluding steroid dienone is 1. The van der Waals surface area contributed by atoms with Gasteiger partial charge in [0.1, 0.15) is 6.61 Å². The van der Waals surface area contributed by atoms with Crippen LogP contribution in [0.2, 0.25) is 0 Å². The number of hydrogen-bond donors (Lipinski definition) is 1. The third-order valence-electron chi connectivity index (χ3n) is 5.67. The lowest BCUT2D eigenvalue weighted by Gasteiger charge is -2.25. The summed E-state index contributed by atoms with van der Waals surface area (Å²) in [6.45, 7) is 1.30. The number of ketones is 1. The van der Waals surface area contributed by atoms with E-state index < -0.39 is 6.61 Å². The zero-order valence-electron chi connectivity index (χ0n) is 17.6. The highest BCUT2D eigenvalue weighted by atomic mass is 16.3. The highest BCUT2D eigenvalue weighted by molar-refractivity contribution is 5.94. The number of carbonyl (C=O) groups excluding carboxylic acids is 1. The molecule has 156 valence electrons. The molecule has 0 saturated heterocycles. The number of nitrogens with zero attached hydrogens (tertiary/aromatic N) is 1. The number of fused-ring (bicyclic) bond motifs is 1. The largest absolute Gasteiger partial charge is 0.388 e.